The maximum Gasteiger partial charge on any atom is 0.136 e. The number of hydrogen-bond acceptors (Lipinski definition) is 2. The highest BCUT2D eigenvalue weighted by molar-refractivity contribution is 6.21. The summed E-state index contributed by atoms with van der Waals surface area (Å²) in [5.74, 6) is 0. The third kappa shape index (κ3) is 4.01. The van der Waals surface area contributed by atoms with Crippen LogP contribution in [0.3, 0.4) is 0 Å². The van der Waals surface area contributed by atoms with Gasteiger partial charge >= 0.3 is 0 Å². The van der Waals surface area contributed by atoms with Crippen molar-refractivity contribution in [3.63, 3.8) is 0 Å². The highest BCUT2D eigenvalue weighted by atomic mass is 16.3. The average Bonchev–Trinajstić information content (AvgIpc) is 3.65. The predicted octanol–water partition coefficient (Wildman–Crippen LogP) is 13.3. The van der Waals surface area contributed by atoms with Crippen molar-refractivity contribution in [2.75, 3.05) is 4.90 Å². The number of para-hydroxylation sites is 2. The first-order valence-electron chi connectivity index (χ1n) is 17.0. The molecule has 10 rings (SSSR count). The molecule has 1 aliphatic carbocycles. The zero-order chi connectivity index (χ0) is 32.7. The van der Waals surface area contributed by atoms with Crippen LogP contribution in [-0.2, 0) is 5.41 Å². The zero-order valence-corrected chi connectivity index (χ0v) is 27.4. The van der Waals surface area contributed by atoms with Crippen molar-refractivity contribution in [2.45, 2.75) is 19.3 Å². The van der Waals surface area contributed by atoms with Crippen LogP contribution in [0.5, 0.6) is 0 Å². The highest BCUT2D eigenvalue weighted by Gasteiger charge is 2.38. The fraction of sp³-hybridized carbons (Fsp3) is 0.0638. The fourth-order valence-corrected chi connectivity index (χ4v) is 8.43. The molecular formula is C47H33NO. The SMILES string of the molecule is CC1(C)c2ccccc2-c2c(N(c3ccccc3-c3cccc4ccccc34)c3cccc4c3ccc3oc5ccccc5c34)cccc21. The van der Waals surface area contributed by atoms with Gasteiger partial charge in [0.05, 0.1) is 17.1 Å². The van der Waals surface area contributed by atoms with Crippen LogP contribution in [0, 0.1) is 0 Å². The number of fused-ring (bicyclic) bond motifs is 9. The van der Waals surface area contributed by atoms with Gasteiger partial charge in [0.2, 0.25) is 0 Å². The molecule has 0 fully saturated rings. The molecular weight excluding hydrogens is 595 g/mol. The Balaban J connectivity index is 1.33. The maximum absolute atomic E-state index is 6.36. The topological polar surface area (TPSA) is 16.4 Å². The molecule has 232 valence electrons. The summed E-state index contributed by atoms with van der Waals surface area (Å²) in [6, 6.07) is 59.5. The third-order valence-corrected chi connectivity index (χ3v) is 10.7. The van der Waals surface area contributed by atoms with Crippen molar-refractivity contribution < 1.29 is 4.42 Å². The van der Waals surface area contributed by atoms with Gasteiger partial charge in [-0.25, -0.2) is 0 Å². The van der Waals surface area contributed by atoms with Crippen molar-refractivity contribution in [3.05, 3.63) is 175 Å². The number of anilines is 3. The lowest BCUT2D eigenvalue weighted by Crippen LogP contribution is -2.16. The lowest BCUT2D eigenvalue weighted by atomic mass is 9.82. The monoisotopic (exact) mass is 627 g/mol. The molecule has 49 heavy (non-hydrogen) atoms. The molecule has 1 aliphatic rings. The van der Waals surface area contributed by atoms with Gasteiger partial charge in [-0.15, -0.1) is 0 Å². The van der Waals surface area contributed by atoms with Gasteiger partial charge in [-0.2, -0.15) is 0 Å². The van der Waals surface area contributed by atoms with E-state index in [0.29, 0.717) is 0 Å². The van der Waals surface area contributed by atoms with E-state index in [1.807, 2.05) is 6.07 Å². The van der Waals surface area contributed by atoms with E-state index >= 15 is 0 Å². The van der Waals surface area contributed by atoms with Crippen LogP contribution in [0.25, 0.3) is 65.7 Å². The van der Waals surface area contributed by atoms with Gasteiger partial charge in [-0.05, 0) is 74.8 Å². The largest absolute Gasteiger partial charge is 0.456 e. The predicted molar refractivity (Wildman–Crippen MR) is 206 cm³/mol. The lowest BCUT2D eigenvalue weighted by molar-refractivity contribution is 0.660. The first-order valence-corrected chi connectivity index (χ1v) is 17.0. The Labute approximate surface area is 285 Å². The Bertz CT molecular complexity index is 2760. The summed E-state index contributed by atoms with van der Waals surface area (Å²) in [5.41, 5.74) is 12.9. The summed E-state index contributed by atoms with van der Waals surface area (Å²) < 4.78 is 6.36. The minimum atomic E-state index is -0.122. The number of benzene rings is 8. The van der Waals surface area contributed by atoms with Crippen LogP contribution in [0.15, 0.2) is 168 Å². The second kappa shape index (κ2) is 10.4. The lowest BCUT2D eigenvalue weighted by Gasteiger charge is -2.31. The van der Waals surface area contributed by atoms with Crippen molar-refractivity contribution in [1.82, 2.24) is 0 Å². The third-order valence-electron chi connectivity index (χ3n) is 10.7. The van der Waals surface area contributed by atoms with Gasteiger partial charge in [0, 0.05) is 32.7 Å². The van der Waals surface area contributed by atoms with E-state index in [0.717, 1.165) is 33.3 Å². The molecule has 0 unspecified atom stereocenters. The molecule has 0 radical (unpaired) electrons. The summed E-state index contributed by atoms with van der Waals surface area (Å²) in [4.78, 5) is 2.52. The molecule has 2 nitrogen and oxygen atoms in total. The molecule has 0 N–H and O–H groups in total. The maximum atomic E-state index is 6.36. The van der Waals surface area contributed by atoms with E-state index in [1.54, 1.807) is 0 Å². The van der Waals surface area contributed by atoms with Gasteiger partial charge < -0.3 is 9.32 Å². The van der Waals surface area contributed by atoms with Crippen LogP contribution < -0.4 is 4.90 Å². The summed E-state index contributed by atoms with van der Waals surface area (Å²) in [7, 11) is 0. The van der Waals surface area contributed by atoms with Crippen molar-refractivity contribution in [1.29, 1.82) is 0 Å². The van der Waals surface area contributed by atoms with E-state index in [9.17, 15) is 0 Å². The van der Waals surface area contributed by atoms with Crippen LogP contribution in [0.2, 0.25) is 0 Å². The molecule has 1 heterocycles. The van der Waals surface area contributed by atoms with E-state index in [1.165, 1.54) is 60.6 Å². The number of furan rings is 1. The molecule has 0 bridgehead atoms. The molecule has 1 aromatic heterocycles. The molecule has 0 spiro atoms. The standard InChI is InChI=1S/C47H33NO/c1-47(2)38-22-8-5-18-36(38)46-39(47)23-13-26-42(46)48(40-24-9-6-17-33(40)32-20-11-15-30-14-3-4-16-31(30)32)41-25-12-21-35-34(41)28-29-44-45(35)37-19-7-10-27-43(37)49-44/h3-29H,1-2H3. The van der Waals surface area contributed by atoms with Crippen LogP contribution in [0.4, 0.5) is 17.1 Å². The smallest absolute Gasteiger partial charge is 0.136 e. The van der Waals surface area contributed by atoms with Crippen LogP contribution in [0.1, 0.15) is 25.0 Å². The van der Waals surface area contributed by atoms with E-state index < -0.39 is 0 Å². The summed E-state index contributed by atoms with van der Waals surface area (Å²) in [6.45, 7) is 4.71. The minimum absolute atomic E-state index is 0.122. The first kappa shape index (κ1) is 27.9. The Morgan fingerprint density at radius 2 is 1.02 bits per heavy atom. The van der Waals surface area contributed by atoms with Gasteiger partial charge in [-0.1, -0.05) is 141 Å². The van der Waals surface area contributed by atoms with E-state index in [2.05, 4.69) is 176 Å². The first-order chi connectivity index (χ1) is 24.1. The second-order valence-electron chi connectivity index (χ2n) is 13.7. The van der Waals surface area contributed by atoms with Gasteiger partial charge in [0.25, 0.3) is 0 Å². The molecule has 9 aromatic rings. The number of rotatable bonds is 4. The Hall–Kier alpha value is -6.12. The Morgan fingerprint density at radius 3 is 1.94 bits per heavy atom. The fourth-order valence-electron chi connectivity index (χ4n) is 8.43. The van der Waals surface area contributed by atoms with Gasteiger partial charge in [0.1, 0.15) is 11.2 Å². The van der Waals surface area contributed by atoms with E-state index in [4.69, 9.17) is 4.42 Å². The normalized spacial score (nSPS) is 13.3. The number of nitrogens with zero attached hydrogens (tertiary/aromatic N) is 1. The summed E-state index contributed by atoms with van der Waals surface area (Å²) >= 11 is 0. The van der Waals surface area contributed by atoms with Crippen molar-refractivity contribution >= 4 is 60.5 Å². The summed E-state index contributed by atoms with van der Waals surface area (Å²) in [5, 5.41) is 7.13. The van der Waals surface area contributed by atoms with Gasteiger partial charge in [-0.3, -0.25) is 0 Å². The minimum Gasteiger partial charge on any atom is -0.456 e. The highest BCUT2D eigenvalue weighted by Crippen LogP contribution is 2.55. The van der Waals surface area contributed by atoms with Crippen molar-refractivity contribution in [2.24, 2.45) is 0 Å². The molecule has 0 amide bonds. The van der Waals surface area contributed by atoms with Gasteiger partial charge in [0.15, 0.2) is 0 Å². The Kier molecular flexibility index (Phi) is 5.95. The zero-order valence-electron chi connectivity index (χ0n) is 27.4. The quantitative estimate of drug-likeness (QED) is 0.193. The number of hydrogen-bond donors (Lipinski definition) is 0. The molecule has 0 atom stereocenters. The Morgan fingerprint density at radius 1 is 0.408 bits per heavy atom. The molecule has 8 aromatic carbocycles. The molecule has 0 saturated heterocycles. The molecule has 0 saturated carbocycles. The molecule has 2 heteroatoms. The van der Waals surface area contributed by atoms with Crippen molar-refractivity contribution in [3.8, 4) is 22.3 Å². The summed E-state index contributed by atoms with van der Waals surface area (Å²) in [6.07, 6.45) is 0. The average molecular weight is 628 g/mol. The molecule has 0 aliphatic heterocycles. The van der Waals surface area contributed by atoms with E-state index in [-0.39, 0.29) is 5.41 Å². The van der Waals surface area contributed by atoms with Crippen LogP contribution in [-0.4, -0.2) is 0 Å². The van der Waals surface area contributed by atoms with Crippen LogP contribution >= 0.6 is 0 Å². The second-order valence-corrected chi connectivity index (χ2v) is 13.7.